The standard InChI is InChI=1S/4C5H11NO2S.C3H7NO3/c4*1-9-3-2-4(6)5(7)8;4-2(1-5)3(6)7/h4*4H,2-3,6H2,1H3,(H,7,8);2,5H,1,4H2,(H,6,7). The number of carboxylic acid groups (broad SMARTS) is 5. The molecular weight excluding hydrogens is 651 g/mol. The number of carbonyl (C=O) groups is 5. The third kappa shape index (κ3) is 45.1. The Bertz CT molecular complexity index is 635. The number of aliphatic hydroxyl groups is 1. The highest BCUT2D eigenvalue weighted by Crippen LogP contribution is 1.99. The van der Waals surface area contributed by atoms with Crippen molar-refractivity contribution in [1.82, 2.24) is 0 Å². The fraction of sp³-hybridized carbons (Fsp3) is 0.783. The quantitative estimate of drug-likeness (QED) is 0.0815. The van der Waals surface area contributed by atoms with Crippen molar-refractivity contribution in [3.8, 4) is 0 Å². The van der Waals surface area contributed by atoms with E-state index in [1.807, 2.05) is 25.0 Å². The predicted octanol–water partition coefficient (Wildman–Crippen LogP) is -1.00. The topological polar surface area (TPSA) is 337 Å². The lowest BCUT2D eigenvalue weighted by Gasteiger charge is -2.02. The van der Waals surface area contributed by atoms with Crippen LogP contribution in [-0.4, -0.2) is 145 Å². The molecule has 0 aromatic rings. The summed E-state index contributed by atoms with van der Waals surface area (Å²) in [6.07, 6.45) is 9.91. The molecule has 0 fully saturated rings. The van der Waals surface area contributed by atoms with Crippen molar-refractivity contribution in [2.75, 3.05) is 54.6 Å². The van der Waals surface area contributed by atoms with Gasteiger partial charge in [-0.15, -0.1) is 0 Å². The van der Waals surface area contributed by atoms with Gasteiger partial charge in [-0.05, 0) is 73.7 Å². The van der Waals surface area contributed by atoms with Crippen molar-refractivity contribution in [2.24, 2.45) is 28.7 Å². The second-order valence-electron chi connectivity index (χ2n) is 8.03. The van der Waals surface area contributed by atoms with Crippen LogP contribution in [0.4, 0.5) is 0 Å². The smallest absolute Gasteiger partial charge is 0.322 e. The molecule has 0 saturated carbocycles. The Labute approximate surface area is 270 Å². The number of rotatable bonds is 18. The third-order valence-electron chi connectivity index (χ3n) is 4.31. The molecule has 0 radical (unpaired) electrons. The van der Waals surface area contributed by atoms with Gasteiger partial charge in [-0.25, -0.2) is 0 Å². The molecule has 0 saturated heterocycles. The second kappa shape index (κ2) is 36.7. The number of aliphatic carboxylic acids is 5. The van der Waals surface area contributed by atoms with Crippen LogP contribution in [0.1, 0.15) is 25.7 Å². The second-order valence-corrected chi connectivity index (χ2v) is 12.0. The van der Waals surface area contributed by atoms with E-state index in [0.717, 1.165) is 23.0 Å². The van der Waals surface area contributed by atoms with Crippen LogP contribution in [0.2, 0.25) is 0 Å². The van der Waals surface area contributed by atoms with Gasteiger partial charge >= 0.3 is 29.8 Å². The molecule has 43 heavy (non-hydrogen) atoms. The first-order chi connectivity index (χ1) is 19.9. The van der Waals surface area contributed by atoms with Gasteiger partial charge in [0.1, 0.15) is 30.2 Å². The van der Waals surface area contributed by atoms with Gasteiger partial charge in [0.2, 0.25) is 0 Å². The lowest BCUT2D eigenvalue weighted by atomic mass is 10.2. The lowest BCUT2D eigenvalue weighted by Crippen LogP contribution is -2.33. The Balaban J connectivity index is -0.000000140. The minimum Gasteiger partial charge on any atom is -0.480 e. The van der Waals surface area contributed by atoms with Crippen LogP contribution in [0.25, 0.3) is 0 Å². The summed E-state index contributed by atoms with van der Waals surface area (Å²) in [4.78, 5) is 49.9. The minimum absolute atomic E-state index is 0.505. The van der Waals surface area contributed by atoms with E-state index in [0.29, 0.717) is 25.7 Å². The molecule has 16 N–H and O–H groups in total. The highest BCUT2D eigenvalue weighted by molar-refractivity contribution is 7.99. The Morgan fingerprint density at radius 3 is 0.674 bits per heavy atom. The van der Waals surface area contributed by atoms with Crippen molar-refractivity contribution in [2.45, 2.75) is 55.9 Å². The van der Waals surface area contributed by atoms with Crippen LogP contribution >= 0.6 is 47.0 Å². The molecular formula is C23H51N5O11S4. The van der Waals surface area contributed by atoms with Gasteiger partial charge in [0, 0.05) is 0 Å². The molecule has 0 aliphatic carbocycles. The van der Waals surface area contributed by atoms with Crippen LogP contribution in [-0.2, 0) is 24.0 Å². The van der Waals surface area contributed by atoms with Crippen LogP contribution in [0.15, 0.2) is 0 Å². The molecule has 0 aromatic carbocycles. The Hall–Kier alpha value is -1.49. The van der Waals surface area contributed by atoms with Crippen molar-refractivity contribution in [3.63, 3.8) is 0 Å². The summed E-state index contributed by atoms with van der Waals surface area (Å²) in [5, 5.41) is 49.0. The van der Waals surface area contributed by atoms with Crippen LogP contribution < -0.4 is 28.7 Å². The van der Waals surface area contributed by atoms with Crippen molar-refractivity contribution >= 4 is 76.9 Å². The van der Waals surface area contributed by atoms with Crippen molar-refractivity contribution < 1.29 is 54.6 Å². The van der Waals surface area contributed by atoms with E-state index in [2.05, 4.69) is 0 Å². The lowest BCUT2D eigenvalue weighted by molar-refractivity contribution is -0.140. The zero-order valence-corrected chi connectivity index (χ0v) is 28.3. The monoisotopic (exact) mass is 701 g/mol. The average Bonchev–Trinajstić information content (AvgIpc) is 2.96. The first kappa shape index (κ1) is 51.1. The molecule has 5 unspecified atom stereocenters. The molecule has 0 aliphatic rings. The number of carboxylic acids is 5. The maximum Gasteiger partial charge on any atom is 0.322 e. The number of thioether (sulfide) groups is 4. The summed E-state index contributed by atoms with van der Waals surface area (Å²) in [5.74, 6) is -1.58. The molecule has 0 amide bonds. The average molecular weight is 702 g/mol. The summed E-state index contributed by atoms with van der Waals surface area (Å²) in [6, 6.07) is -3.86. The van der Waals surface area contributed by atoms with E-state index in [1.165, 1.54) is 0 Å². The summed E-state index contributed by atoms with van der Waals surface area (Å²) in [5.41, 5.74) is 25.5. The fourth-order valence-electron chi connectivity index (χ4n) is 1.55. The maximum atomic E-state index is 10.1. The van der Waals surface area contributed by atoms with Gasteiger partial charge < -0.3 is 59.3 Å². The summed E-state index contributed by atoms with van der Waals surface area (Å²) < 4.78 is 0. The van der Waals surface area contributed by atoms with E-state index in [1.54, 1.807) is 47.0 Å². The molecule has 0 aliphatic heterocycles. The van der Waals surface area contributed by atoms with Gasteiger partial charge in [-0.3, -0.25) is 24.0 Å². The van der Waals surface area contributed by atoms with Crippen LogP contribution in [0.3, 0.4) is 0 Å². The number of aliphatic hydroxyl groups excluding tert-OH is 1. The largest absolute Gasteiger partial charge is 0.480 e. The normalized spacial score (nSPS) is 13.2. The Morgan fingerprint density at radius 1 is 0.442 bits per heavy atom. The first-order valence-corrected chi connectivity index (χ1v) is 18.0. The van der Waals surface area contributed by atoms with Gasteiger partial charge in [0.05, 0.1) is 6.61 Å². The predicted molar refractivity (Wildman–Crippen MR) is 177 cm³/mol. The third-order valence-corrected chi connectivity index (χ3v) is 6.89. The molecule has 0 spiro atoms. The maximum absolute atomic E-state index is 10.1. The van der Waals surface area contributed by atoms with Gasteiger partial charge in [-0.1, -0.05) is 0 Å². The van der Waals surface area contributed by atoms with Crippen molar-refractivity contribution in [1.29, 1.82) is 0 Å². The number of nitrogens with two attached hydrogens (primary N) is 5. The number of hydrogen-bond donors (Lipinski definition) is 11. The van der Waals surface area contributed by atoms with Crippen LogP contribution in [0, 0.1) is 0 Å². The molecule has 0 bridgehead atoms. The van der Waals surface area contributed by atoms with E-state index < -0.39 is 66.7 Å². The fourth-order valence-corrected chi connectivity index (χ4v) is 3.51. The molecule has 258 valence electrons. The van der Waals surface area contributed by atoms with Gasteiger partial charge in [0.15, 0.2) is 0 Å². The van der Waals surface area contributed by atoms with E-state index in [-0.39, 0.29) is 0 Å². The Kier molecular flexibility index (Phi) is 43.6. The highest BCUT2D eigenvalue weighted by Gasteiger charge is 2.11. The Morgan fingerprint density at radius 2 is 0.605 bits per heavy atom. The first-order valence-electron chi connectivity index (χ1n) is 12.4. The van der Waals surface area contributed by atoms with Crippen LogP contribution in [0.5, 0.6) is 0 Å². The summed E-state index contributed by atoms with van der Waals surface area (Å²) >= 11 is 6.42. The molecule has 0 rings (SSSR count). The number of hydrogen-bond acceptors (Lipinski definition) is 15. The SMILES string of the molecule is CSCCC(N)C(=O)O.CSCCC(N)C(=O)O.CSCCC(N)C(=O)O.CSCCC(N)C(=O)O.NC(CO)C(=O)O. The van der Waals surface area contributed by atoms with E-state index >= 15 is 0 Å². The summed E-state index contributed by atoms with van der Waals surface area (Å²) in [7, 11) is 0. The molecule has 20 heteroatoms. The van der Waals surface area contributed by atoms with Crippen molar-refractivity contribution in [3.05, 3.63) is 0 Å². The van der Waals surface area contributed by atoms with E-state index in [4.69, 9.17) is 59.3 Å². The molecule has 16 nitrogen and oxygen atoms in total. The zero-order valence-electron chi connectivity index (χ0n) is 25.0. The van der Waals surface area contributed by atoms with Gasteiger partial charge in [0.25, 0.3) is 0 Å². The van der Waals surface area contributed by atoms with Gasteiger partial charge in [-0.2, -0.15) is 47.0 Å². The molecule has 5 atom stereocenters. The van der Waals surface area contributed by atoms with E-state index in [9.17, 15) is 24.0 Å². The highest BCUT2D eigenvalue weighted by atomic mass is 32.2. The minimum atomic E-state index is -1.18. The molecule has 0 heterocycles. The summed E-state index contributed by atoms with van der Waals surface area (Å²) in [6.45, 7) is -0.505. The molecule has 0 aromatic heterocycles. The zero-order chi connectivity index (χ0) is 35.0.